The third-order valence-electron chi connectivity index (χ3n) is 4.17. The molecule has 0 amide bonds. The van der Waals surface area contributed by atoms with E-state index < -0.39 is 7.26 Å². The molecule has 1 aromatic rings. The van der Waals surface area contributed by atoms with Gasteiger partial charge in [-0.15, -0.1) is 0 Å². The minimum absolute atomic E-state index is 0.619. The molecule has 0 nitrogen and oxygen atoms in total. The van der Waals surface area contributed by atoms with Crippen molar-refractivity contribution in [1.82, 2.24) is 0 Å². The van der Waals surface area contributed by atoms with Crippen molar-refractivity contribution in [2.75, 3.05) is 18.5 Å². The maximum atomic E-state index is 4.08. The Labute approximate surface area is 101 Å². The molecule has 16 heavy (non-hydrogen) atoms. The van der Waals surface area contributed by atoms with Gasteiger partial charge in [0.25, 0.3) is 0 Å². The molecule has 90 valence electrons. The fourth-order valence-corrected chi connectivity index (χ4v) is 7.03. The van der Waals surface area contributed by atoms with E-state index in [4.69, 9.17) is 0 Å². The van der Waals surface area contributed by atoms with E-state index in [9.17, 15) is 0 Å². The zero-order valence-corrected chi connectivity index (χ0v) is 11.9. The first-order chi connectivity index (χ1) is 7.74. The first kappa shape index (κ1) is 13.5. The fourth-order valence-electron chi connectivity index (χ4n) is 2.81. The molecule has 0 heterocycles. The second-order valence-corrected chi connectivity index (χ2v) is 10.0. The Bertz CT molecular complexity index is 303. The van der Waals surface area contributed by atoms with E-state index in [0.717, 1.165) is 0 Å². The van der Waals surface area contributed by atoms with Crippen LogP contribution in [0.4, 0.5) is 0 Å². The second-order valence-electron chi connectivity index (χ2n) is 4.55. The van der Waals surface area contributed by atoms with Gasteiger partial charge in [0.1, 0.15) is 0 Å². The Morgan fingerprint density at radius 3 is 1.94 bits per heavy atom. The third-order valence-corrected chi connectivity index (χ3v) is 10.3. The van der Waals surface area contributed by atoms with Crippen molar-refractivity contribution in [2.24, 2.45) is 0 Å². The molecule has 1 unspecified atom stereocenters. The van der Waals surface area contributed by atoms with Crippen molar-refractivity contribution in [3.63, 3.8) is 0 Å². The minimum atomic E-state index is -1.21. The van der Waals surface area contributed by atoms with Crippen LogP contribution in [0.1, 0.15) is 32.0 Å². The van der Waals surface area contributed by atoms with E-state index >= 15 is 0 Å². The van der Waals surface area contributed by atoms with Crippen LogP contribution in [-0.4, -0.2) is 18.5 Å². The summed E-state index contributed by atoms with van der Waals surface area (Å²) in [7, 11) is -1.21. The average Bonchev–Trinajstić information content (AvgIpc) is 2.37. The standard InChI is InChI=1S/C15H25P/c1-5-15(14-12-10-9-11-13-14)16(6-2,7-3)8-4/h5,9-13,15-16H,1,6-8H2,2-4H3. The summed E-state index contributed by atoms with van der Waals surface area (Å²) >= 11 is 0. The van der Waals surface area contributed by atoms with E-state index in [2.05, 4.69) is 63.8 Å². The zero-order chi connectivity index (χ0) is 12.0. The predicted molar refractivity (Wildman–Crippen MR) is 79.3 cm³/mol. The van der Waals surface area contributed by atoms with Crippen LogP contribution in [-0.2, 0) is 0 Å². The molecular formula is C15H25P. The van der Waals surface area contributed by atoms with Gasteiger partial charge in [-0.1, -0.05) is 0 Å². The number of benzene rings is 1. The number of hydrogen-bond donors (Lipinski definition) is 0. The second kappa shape index (κ2) is 6.21. The molecule has 1 rings (SSSR count). The molecule has 0 aliphatic carbocycles. The summed E-state index contributed by atoms with van der Waals surface area (Å²) in [6.07, 6.45) is 6.25. The summed E-state index contributed by atoms with van der Waals surface area (Å²) < 4.78 is 0. The SMILES string of the molecule is C=CC(c1ccccc1)[PH](CC)(CC)CC. The fraction of sp³-hybridized carbons (Fsp3) is 0.467. The van der Waals surface area contributed by atoms with Gasteiger partial charge in [-0.3, -0.25) is 0 Å². The molecular weight excluding hydrogens is 211 g/mol. The topological polar surface area (TPSA) is 0 Å². The van der Waals surface area contributed by atoms with Crippen LogP contribution in [0, 0.1) is 0 Å². The average molecular weight is 236 g/mol. The van der Waals surface area contributed by atoms with E-state index in [-0.39, 0.29) is 0 Å². The van der Waals surface area contributed by atoms with E-state index in [1.165, 1.54) is 24.0 Å². The summed E-state index contributed by atoms with van der Waals surface area (Å²) in [4.78, 5) is 0. The Hall–Kier alpha value is -0.610. The molecule has 1 atom stereocenters. The summed E-state index contributed by atoms with van der Waals surface area (Å²) in [6, 6.07) is 10.9. The van der Waals surface area contributed by atoms with Crippen LogP contribution in [0.25, 0.3) is 0 Å². The summed E-state index contributed by atoms with van der Waals surface area (Å²) in [5.41, 5.74) is 2.09. The van der Waals surface area contributed by atoms with Crippen LogP contribution in [0.2, 0.25) is 0 Å². The van der Waals surface area contributed by atoms with Gasteiger partial charge >= 0.3 is 101 Å². The van der Waals surface area contributed by atoms with Gasteiger partial charge in [0.05, 0.1) is 0 Å². The van der Waals surface area contributed by atoms with Crippen LogP contribution >= 0.6 is 7.26 Å². The Balaban J connectivity index is 3.10. The van der Waals surface area contributed by atoms with Gasteiger partial charge in [0, 0.05) is 0 Å². The van der Waals surface area contributed by atoms with E-state index in [1.807, 2.05) is 0 Å². The molecule has 0 saturated carbocycles. The molecule has 0 aliphatic heterocycles. The molecule has 1 heteroatoms. The molecule has 1 aromatic carbocycles. The van der Waals surface area contributed by atoms with Crippen molar-refractivity contribution in [3.05, 3.63) is 48.6 Å². The molecule has 0 saturated heterocycles. The van der Waals surface area contributed by atoms with Crippen LogP contribution in [0.5, 0.6) is 0 Å². The molecule has 0 fully saturated rings. The normalized spacial score (nSPS) is 14.4. The summed E-state index contributed by atoms with van der Waals surface area (Å²) in [6.45, 7) is 11.2. The number of hydrogen-bond acceptors (Lipinski definition) is 0. The Morgan fingerprint density at radius 1 is 1.06 bits per heavy atom. The van der Waals surface area contributed by atoms with Crippen LogP contribution < -0.4 is 0 Å². The number of allylic oxidation sites excluding steroid dienone is 1. The zero-order valence-electron chi connectivity index (χ0n) is 10.9. The Morgan fingerprint density at radius 2 is 1.56 bits per heavy atom. The van der Waals surface area contributed by atoms with Gasteiger partial charge in [0.2, 0.25) is 0 Å². The molecule has 0 radical (unpaired) electrons. The Kier molecular flexibility index (Phi) is 5.22. The maximum absolute atomic E-state index is 4.08. The predicted octanol–water partition coefficient (Wildman–Crippen LogP) is 4.72. The van der Waals surface area contributed by atoms with Crippen molar-refractivity contribution in [2.45, 2.75) is 26.4 Å². The van der Waals surface area contributed by atoms with Crippen molar-refractivity contribution in [1.29, 1.82) is 0 Å². The quantitative estimate of drug-likeness (QED) is 0.495. The monoisotopic (exact) mass is 236 g/mol. The molecule has 0 aromatic heterocycles. The first-order valence-electron chi connectivity index (χ1n) is 6.41. The molecule has 0 N–H and O–H groups in total. The van der Waals surface area contributed by atoms with Crippen LogP contribution in [0.3, 0.4) is 0 Å². The van der Waals surface area contributed by atoms with Crippen LogP contribution in [0.15, 0.2) is 43.0 Å². The van der Waals surface area contributed by atoms with Gasteiger partial charge in [0.15, 0.2) is 0 Å². The van der Waals surface area contributed by atoms with Crippen molar-refractivity contribution in [3.8, 4) is 0 Å². The molecule has 0 spiro atoms. The van der Waals surface area contributed by atoms with E-state index in [1.54, 1.807) is 0 Å². The van der Waals surface area contributed by atoms with Gasteiger partial charge in [-0.2, -0.15) is 0 Å². The first-order valence-corrected chi connectivity index (χ1v) is 9.11. The molecule has 0 aliphatic rings. The van der Waals surface area contributed by atoms with Crippen molar-refractivity contribution >= 4 is 7.26 Å². The van der Waals surface area contributed by atoms with Gasteiger partial charge in [-0.05, 0) is 0 Å². The number of rotatable bonds is 6. The third kappa shape index (κ3) is 2.55. The summed E-state index contributed by atoms with van der Waals surface area (Å²) in [5, 5.41) is 0. The van der Waals surface area contributed by atoms with Crippen molar-refractivity contribution < 1.29 is 0 Å². The summed E-state index contributed by atoms with van der Waals surface area (Å²) in [5.74, 6) is 0. The van der Waals surface area contributed by atoms with Gasteiger partial charge in [-0.25, -0.2) is 0 Å². The van der Waals surface area contributed by atoms with Gasteiger partial charge < -0.3 is 0 Å². The van der Waals surface area contributed by atoms with E-state index in [0.29, 0.717) is 5.66 Å². The molecule has 0 bridgehead atoms.